The molecule has 9 rings (SSSR count). The molecule has 10 heteroatoms. The van der Waals surface area contributed by atoms with Gasteiger partial charge in [-0.15, -0.1) is 0 Å². The van der Waals surface area contributed by atoms with E-state index in [1.165, 1.54) is 0 Å². The van der Waals surface area contributed by atoms with Crippen molar-refractivity contribution in [2.75, 3.05) is 6.54 Å². The molecule has 9 nitrogen and oxygen atoms in total. The Bertz CT molecular complexity index is 2460. The fraction of sp³-hybridized carbons (Fsp3) is 0.0588. The number of hydrogen-bond donors (Lipinski definition) is 3. The van der Waals surface area contributed by atoms with Crippen molar-refractivity contribution < 1.29 is 15.2 Å². The number of rotatable bonds is 3. The van der Waals surface area contributed by atoms with E-state index in [2.05, 4.69) is 33.4 Å². The molecule has 2 aliphatic heterocycles. The van der Waals surface area contributed by atoms with Crippen molar-refractivity contribution in [3.8, 4) is 45.6 Å². The maximum absolute atomic E-state index is 5.14. The van der Waals surface area contributed by atoms with Gasteiger partial charge in [-0.05, 0) is 0 Å². The standard InChI is InChI=1S/C32H17N8.C2H6N.Cu/c1-2-10-18-17(9-1)25-33-26(18)38-28-21-13-5-6-14-22(21)30(35-28)40-32-24-16-8-7-15-23(24)31(36-32)39-29-20-12-4-3-11-19(20)27(34-29)37-25;1-2-3;/h1-15H,(H2,33,34,35,36,37,38,39,40);3H,2H2,1H3;/q;-1;+1. The van der Waals surface area contributed by atoms with Gasteiger partial charge in [0.05, 0.1) is 0 Å². The Labute approximate surface area is 257 Å². The normalized spacial score (nSPS) is 12.1. The summed E-state index contributed by atoms with van der Waals surface area (Å²) >= 11 is 1.69. The fourth-order valence-electron chi connectivity index (χ4n) is 5.79. The summed E-state index contributed by atoms with van der Waals surface area (Å²) in [5.74, 6) is 2.35. The number of H-pyrrole nitrogens is 2. The van der Waals surface area contributed by atoms with Gasteiger partial charge in [-0.1, -0.05) is 6.07 Å². The van der Waals surface area contributed by atoms with Crippen molar-refractivity contribution in [2.24, 2.45) is 0 Å². The molecular weight excluding hydrogens is 598 g/mol. The van der Waals surface area contributed by atoms with E-state index < -0.39 is 0 Å². The van der Waals surface area contributed by atoms with Crippen LogP contribution >= 0.6 is 0 Å². The number of nitrogens with one attached hydrogen (secondary N) is 3. The first-order valence-electron chi connectivity index (χ1n) is 14.3. The molecule has 4 aromatic carbocycles. The Hall–Kier alpha value is -5.28. The molecule has 5 heterocycles. The summed E-state index contributed by atoms with van der Waals surface area (Å²) in [7, 11) is 0. The Balaban J connectivity index is 1.49. The van der Waals surface area contributed by atoms with Gasteiger partial charge in [0.2, 0.25) is 0 Å². The van der Waals surface area contributed by atoms with Crippen LogP contribution in [0, 0.1) is 0 Å². The molecule has 0 spiro atoms. The second-order valence-electron chi connectivity index (χ2n) is 10.4. The molecule has 2 aliphatic rings. The summed E-state index contributed by atoms with van der Waals surface area (Å²) in [6.07, 6.45) is 0. The molecule has 0 saturated heterocycles. The van der Waals surface area contributed by atoms with E-state index in [4.69, 9.17) is 29.9 Å². The van der Waals surface area contributed by atoms with Crippen molar-refractivity contribution >= 4 is 48.6 Å². The van der Waals surface area contributed by atoms with E-state index in [0.29, 0.717) is 45.9 Å². The van der Waals surface area contributed by atoms with Crippen LogP contribution < -0.4 is 8.79 Å². The van der Waals surface area contributed by atoms with E-state index in [1.54, 1.807) is 15.2 Å². The van der Waals surface area contributed by atoms with Crippen molar-refractivity contribution in [3.05, 3.63) is 91.0 Å². The van der Waals surface area contributed by atoms with E-state index in [0.717, 1.165) is 54.8 Å². The first kappa shape index (κ1) is 25.2. The summed E-state index contributed by atoms with van der Waals surface area (Å²) in [5, 5.41) is 3.81. The number of aromatic nitrogens is 8. The van der Waals surface area contributed by atoms with Crippen LogP contribution in [0.5, 0.6) is 0 Å². The van der Waals surface area contributed by atoms with Crippen LogP contribution in [0.3, 0.4) is 0 Å². The van der Waals surface area contributed by atoms with Gasteiger partial charge in [-0.2, -0.15) is 0 Å². The van der Waals surface area contributed by atoms with Crippen molar-refractivity contribution in [2.45, 2.75) is 6.92 Å². The maximum atomic E-state index is 5.14. The predicted molar refractivity (Wildman–Crippen MR) is 169 cm³/mol. The summed E-state index contributed by atoms with van der Waals surface area (Å²) in [4.78, 5) is 37.3. The summed E-state index contributed by atoms with van der Waals surface area (Å²) < 4.78 is 4.41. The van der Waals surface area contributed by atoms with Gasteiger partial charge in [-0.3, -0.25) is 0 Å². The molecular formula is C34H23CuN9. The number of hydrogen-bond acceptors (Lipinski definition) is 7. The average Bonchev–Trinajstić information content (AvgIpc) is 3.79. The molecule has 0 radical (unpaired) electrons. The molecule has 0 aliphatic carbocycles. The van der Waals surface area contributed by atoms with Crippen molar-refractivity contribution in [1.29, 1.82) is 0 Å². The Morgan fingerprint density at radius 1 is 0.500 bits per heavy atom. The van der Waals surface area contributed by atoms with Gasteiger partial charge in [-0.25, -0.2) is 0 Å². The second-order valence-corrected chi connectivity index (χ2v) is 11.5. The summed E-state index contributed by atoms with van der Waals surface area (Å²) in [5.41, 5.74) is 6.38. The second kappa shape index (κ2) is 9.89. The molecule has 3 N–H and O–H groups in total. The van der Waals surface area contributed by atoms with Crippen LogP contribution in [0.4, 0.5) is 0 Å². The Kier molecular flexibility index (Phi) is 5.67. The van der Waals surface area contributed by atoms with Gasteiger partial charge < -0.3 is 0 Å². The van der Waals surface area contributed by atoms with Crippen LogP contribution in [0.1, 0.15) is 6.92 Å². The Morgan fingerprint density at radius 2 is 0.932 bits per heavy atom. The molecule has 7 aromatic rings. The molecule has 8 bridgehead atoms. The molecule has 3 aromatic heterocycles. The molecule has 215 valence electrons. The zero-order valence-electron chi connectivity index (χ0n) is 23.4. The number of aromatic amines is 2. The predicted octanol–water partition coefficient (Wildman–Crippen LogP) is 6.10. The third-order valence-electron chi connectivity index (χ3n) is 7.74. The van der Waals surface area contributed by atoms with Crippen molar-refractivity contribution in [1.82, 2.24) is 44.2 Å². The van der Waals surface area contributed by atoms with Crippen LogP contribution in [-0.4, -0.2) is 46.4 Å². The zero-order valence-corrected chi connectivity index (χ0v) is 24.3. The van der Waals surface area contributed by atoms with Crippen LogP contribution in [0.25, 0.3) is 89.7 Å². The number of nitrogens with zero attached hydrogens (tertiary/aromatic N) is 6. The minimum atomic E-state index is 0.586. The third-order valence-corrected chi connectivity index (χ3v) is 8.88. The molecule has 0 saturated carbocycles. The quantitative estimate of drug-likeness (QED) is 0.204. The van der Waals surface area contributed by atoms with Gasteiger partial charge in [0.15, 0.2) is 0 Å². The molecule has 44 heavy (non-hydrogen) atoms. The Morgan fingerprint density at radius 3 is 1.45 bits per heavy atom. The zero-order chi connectivity index (χ0) is 29.2. The van der Waals surface area contributed by atoms with Crippen LogP contribution in [0.15, 0.2) is 91.0 Å². The van der Waals surface area contributed by atoms with Crippen molar-refractivity contribution in [3.63, 3.8) is 0 Å². The number of fused-ring (bicyclic) bond motifs is 20. The topological polar surface area (TPSA) is 121 Å². The average molecular weight is 621 g/mol. The van der Waals surface area contributed by atoms with Gasteiger partial charge >= 0.3 is 252 Å². The molecule has 0 unspecified atom stereocenters. The van der Waals surface area contributed by atoms with Crippen LogP contribution in [-0.2, 0) is 15.2 Å². The van der Waals surface area contributed by atoms with Gasteiger partial charge in [0.25, 0.3) is 0 Å². The summed E-state index contributed by atoms with van der Waals surface area (Å²) in [6, 6.07) is 30.4. The number of benzene rings is 4. The summed E-state index contributed by atoms with van der Waals surface area (Å²) in [6.45, 7) is 2.89. The third kappa shape index (κ3) is 3.89. The van der Waals surface area contributed by atoms with E-state index >= 15 is 0 Å². The first-order chi connectivity index (χ1) is 21.7. The van der Waals surface area contributed by atoms with E-state index in [9.17, 15) is 0 Å². The van der Waals surface area contributed by atoms with E-state index in [1.807, 2.05) is 78.9 Å². The minimum absolute atomic E-state index is 0.586. The fourth-order valence-corrected chi connectivity index (χ4v) is 6.67. The van der Waals surface area contributed by atoms with Crippen LogP contribution in [0.2, 0.25) is 0 Å². The van der Waals surface area contributed by atoms with Gasteiger partial charge in [0, 0.05) is 0 Å². The first-order valence-corrected chi connectivity index (χ1v) is 15.2. The monoisotopic (exact) mass is 620 g/mol. The van der Waals surface area contributed by atoms with E-state index in [-0.39, 0.29) is 0 Å². The molecule has 0 atom stereocenters. The SMILES string of the molecule is CC[NH][Cu][c]1cccc2c3nc4nc(nc5[nH]c(nc6nc(nc([nH]3)c12)-c1ccccc1-6)c1ccccc51)-c1ccccc1-4. The molecule has 0 amide bonds. The molecule has 0 fully saturated rings. The van der Waals surface area contributed by atoms with Gasteiger partial charge in [0.1, 0.15) is 0 Å².